The molecule has 3 amide bonds. The number of nitrogens with one attached hydrogen (secondary N) is 1. The van der Waals surface area contributed by atoms with Gasteiger partial charge in [0.1, 0.15) is 12.1 Å². The zero-order valence-electron chi connectivity index (χ0n) is 19.0. The van der Waals surface area contributed by atoms with E-state index in [9.17, 15) is 19.5 Å². The number of nitrogens with zero attached hydrogens (tertiary/aromatic N) is 2. The first-order chi connectivity index (χ1) is 16.3. The van der Waals surface area contributed by atoms with Gasteiger partial charge in [-0.25, -0.2) is 4.79 Å². The summed E-state index contributed by atoms with van der Waals surface area (Å²) in [6.45, 7) is 1.85. The fourth-order valence-corrected chi connectivity index (χ4v) is 4.63. The molecule has 2 N–H and O–H groups in total. The first-order valence-corrected chi connectivity index (χ1v) is 11.9. The summed E-state index contributed by atoms with van der Waals surface area (Å²) in [5.74, 6) is -0.710. The molecule has 0 saturated carbocycles. The van der Waals surface area contributed by atoms with E-state index in [-0.39, 0.29) is 5.91 Å². The predicted octanol–water partition coefficient (Wildman–Crippen LogP) is 4.56. The van der Waals surface area contributed by atoms with Crippen molar-refractivity contribution in [2.75, 3.05) is 11.9 Å². The number of anilines is 1. The van der Waals surface area contributed by atoms with Crippen LogP contribution in [0.4, 0.5) is 10.5 Å². The number of benzene rings is 3. The highest BCUT2D eigenvalue weighted by molar-refractivity contribution is 9.10. The van der Waals surface area contributed by atoms with E-state index in [1.165, 1.54) is 14.0 Å². The van der Waals surface area contributed by atoms with Gasteiger partial charge in [0.15, 0.2) is 0 Å². The van der Waals surface area contributed by atoms with Gasteiger partial charge in [-0.2, -0.15) is 0 Å². The molecule has 0 saturated heterocycles. The molecule has 0 bridgehead atoms. The standard InChI is InChI=1S/C26H26BrN3O4/c1-16(29(2)26(33)34)24(31)28-22-13-11-18-6-3-4-9-23(18)30(25(22)32)15-19-8-5-7-17-10-12-20(27)14-21(17)19/h3-10,12,14,16,22H,11,13,15H2,1-2H3,(H,28,31)(H,33,34)/t16-,22-/m0/s1. The van der Waals surface area contributed by atoms with Gasteiger partial charge in [-0.3, -0.25) is 14.5 Å². The lowest BCUT2D eigenvalue weighted by atomic mass is 10.0. The van der Waals surface area contributed by atoms with Crippen LogP contribution in [0.15, 0.2) is 65.1 Å². The van der Waals surface area contributed by atoms with Gasteiger partial charge in [-0.05, 0) is 59.9 Å². The molecular formula is C26H26BrN3O4. The number of hydrogen-bond acceptors (Lipinski definition) is 3. The van der Waals surface area contributed by atoms with E-state index in [0.29, 0.717) is 19.4 Å². The fraction of sp³-hybridized carbons (Fsp3) is 0.269. The molecule has 7 nitrogen and oxygen atoms in total. The minimum Gasteiger partial charge on any atom is -0.465 e. The van der Waals surface area contributed by atoms with Crippen molar-refractivity contribution in [2.45, 2.75) is 38.4 Å². The Morgan fingerprint density at radius 3 is 2.71 bits per heavy atom. The Hall–Kier alpha value is -3.39. The Labute approximate surface area is 206 Å². The number of carbonyl (C=O) groups excluding carboxylic acids is 2. The molecule has 4 rings (SSSR count). The van der Waals surface area contributed by atoms with Crippen molar-refractivity contribution in [3.8, 4) is 0 Å². The van der Waals surface area contributed by atoms with E-state index in [1.807, 2.05) is 60.7 Å². The third kappa shape index (κ3) is 4.77. The monoisotopic (exact) mass is 523 g/mol. The van der Waals surface area contributed by atoms with Gasteiger partial charge in [0, 0.05) is 17.2 Å². The number of carbonyl (C=O) groups is 3. The van der Waals surface area contributed by atoms with Crippen LogP contribution in [0.1, 0.15) is 24.5 Å². The number of rotatable bonds is 5. The Bertz CT molecular complexity index is 1260. The summed E-state index contributed by atoms with van der Waals surface area (Å²) >= 11 is 3.54. The highest BCUT2D eigenvalue weighted by Gasteiger charge is 2.33. The summed E-state index contributed by atoms with van der Waals surface area (Å²) in [5, 5.41) is 14.1. The van der Waals surface area contributed by atoms with Gasteiger partial charge < -0.3 is 15.3 Å². The molecule has 0 unspecified atom stereocenters. The van der Waals surface area contributed by atoms with Crippen LogP contribution >= 0.6 is 15.9 Å². The number of fused-ring (bicyclic) bond motifs is 2. The van der Waals surface area contributed by atoms with Crippen LogP contribution in [-0.2, 0) is 22.6 Å². The second-order valence-corrected chi connectivity index (χ2v) is 9.42. The predicted molar refractivity (Wildman–Crippen MR) is 135 cm³/mol. The molecule has 1 heterocycles. The average molecular weight is 524 g/mol. The molecule has 0 aromatic heterocycles. The number of amides is 3. The maximum atomic E-state index is 13.7. The summed E-state index contributed by atoms with van der Waals surface area (Å²) in [6.07, 6.45) is -0.151. The third-order valence-electron chi connectivity index (χ3n) is 6.39. The minimum atomic E-state index is -1.20. The van der Waals surface area contributed by atoms with Gasteiger partial charge in [0.05, 0.1) is 6.54 Å². The normalized spacial score (nSPS) is 16.5. The fourth-order valence-electron chi connectivity index (χ4n) is 4.26. The number of aryl methyl sites for hydroxylation is 1. The molecule has 0 fully saturated rings. The van der Waals surface area contributed by atoms with Crippen molar-refractivity contribution in [2.24, 2.45) is 0 Å². The van der Waals surface area contributed by atoms with Gasteiger partial charge in [-0.15, -0.1) is 0 Å². The first-order valence-electron chi connectivity index (χ1n) is 11.1. The second kappa shape index (κ2) is 9.85. The summed E-state index contributed by atoms with van der Waals surface area (Å²) in [7, 11) is 1.34. The van der Waals surface area contributed by atoms with Crippen LogP contribution in [0, 0.1) is 0 Å². The lowest BCUT2D eigenvalue weighted by Crippen LogP contribution is -2.53. The van der Waals surface area contributed by atoms with Crippen molar-refractivity contribution >= 4 is 50.3 Å². The van der Waals surface area contributed by atoms with Crippen LogP contribution in [-0.4, -0.2) is 47.0 Å². The molecule has 0 spiro atoms. The van der Waals surface area contributed by atoms with Crippen LogP contribution < -0.4 is 10.2 Å². The van der Waals surface area contributed by atoms with Crippen molar-refractivity contribution in [3.05, 3.63) is 76.3 Å². The van der Waals surface area contributed by atoms with Gasteiger partial charge in [0.25, 0.3) is 0 Å². The number of halogens is 1. The molecular weight excluding hydrogens is 498 g/mol. The molecule has 3 aromatic carbocycles. The van der Waals surface area contributed by atoms with Crippen molar-refractivity contribution < 1.29 is 19.5 Å². The maximum absolute atomic E-state index is 13.7. The Morgan fingerprint density at radius 2 is 1.94 bits per heavy atom. The van der Waals surface area contributed by atoms with E-state index in [1.54, 1.807) is 4.90 Å². The second-order valence-electron chi connectivity index (χ2n) is 8.50. The molecule has 3 aromatic rings. The van der Waals surface area contributed by atoms with E-state index in [0.717, 1.165) is 37.0 Å². The molecule has 8 heteroatoms. The number of carboxylic acid groups (broad SMARTS) is 1. The molecule has 1 aliphatic rings. The molecule has 2 atom stereocenters. The molecule has 0 radical (unpaired) electrons. The van der Waals surface area contributed by atoms with E-state index >= 15 is 0 Å². The lowest BCUT2D eigenvalue weighted by molar-refractivity contribution is -0.130. The highest BCUT2D eigenvalue weighted by atomic mass is 79.9. The topological polar surface area (TPSA) is 90.0 Å². The Kier molecular flexibility index (Phi) is 6.88. The average Bonchev–Trinajstić information content (AvgIpc) is 2.95. The Morgan fingerprint density at radius 1 is 1.18 bits per heavy atom. The van der Waals surface area contributed by atoms with E-state index < -0.39 is 24.1 Å². The minimum absolute atomic E-state index is 0.213. The smallest absolute Gasteiger partial charge is 0.407 e. The maximum Gasteiger partial charge on any atom is 0.407 e. The third-order valence-corrected chi connectivity index (χ3v) is 6.88. The van der Waals surface area contributed by atoms with E-state index in [2.05, 4.69) is 21.2 Å². The summed E-state index contributed by atoms with van der Waals surface area (Å²) in [5.41, 5.74) is 2.85. The Balaban J connectivity index is 1.67. The zero-order valence-corrected chi connectivity index (χ0v) is 20.6. The zero-order chi connectivity index (χ0) is 24.4. The van der Waals surface area contributed by atoms with Crippen molar-refractivity contribution in [3.63, 3.8) is 0 Å². The van der Waals surface area contributed by atoms with Crippen LogP contribution in [0.25, 0.3) is 10.8 Å². The number of likely N-dealkylation sites (N-methyl/N-ethyl adjacent to an activating group) is 1. The summed E-state index contributed by atoms with van der Waals surface area (Å²) < 4.78 is 0.955. The largest absolute Gasteiger partial charge is 0.465 e. The number of para-hydroxylation sites is 1. The summed E-state index contributed by atoms with van der Waals surface area (Å²) in [6, 6.07) is 18.2. The molecule has 0 aliphatic carbocycles. The molecule has 176 valence electrons. The van der Waals surface area contributed by atoms with Crippen LogP contribution in [0.2, 0.25) is 0 Å². The SMILES string of the molecule is C[C@@H](C(=O)N[C@H]1CCc2ccccc2N(Cc2cccc3ccc(Br)cc23)C1=O)N(C)C(=O)O. The van der Waals surface area contributed by atoms with Gasteiger partial charge in [0.2, 0.25) is 11.8 Å². The van der Waals surface area contributed by atoms with Gasteiger partial charge in [-0.1, -0.05) is 58.4 Å². The first kappa shape index (κ1) is 23.8. The van der Waals surface area contributed by atoms with Crippen LogP contribution in [0.3, 0.4) is 0 Å². The quantitative estimate of drug-likeness (QED) is 0.512. The van der Waals surface area contributed by atoms with Crippen molar-refractivity contribution in [1.82, 2.24) is 10.2 Å². The number of hydrogen-bond donors (Lipinski definition) is 2. The summed E-state index contributed by atoms with van der Waals surface area (Å²) in [4.78, 5) is 40.4. The molecule has 34 heavy (non-hydrogen) atoms. The molecule has 1 aliphatic heterocycles. The van der Waals surface area contributed by atoms with Gasteiger partial charge >= 0.3 is 6.09 Å². The lowest BCUT2D eigenvalue weighted by Gasteiger charge is -2.28. The highest BCUT2D eigenvalue weighted by Crippen LogP contribution is 2.31. The van der Waals surface area contributed by atoms with E-state index in [4.69, 9.17) is 0 Å². The van der Waals surface area contributed by atoms with Crippen molar-refractivity contribution in [1.29, 1.82) is 0 Å². The van der Waals surface area contributed by atoms with Crippen LogP contribution in [0.5, 0.6) is 0 Å².